The maximum Gasteiger partial charge on any atom is 0.247 e. The molecule has 0 N–H and O–H groups in total. The van der Waals surface area contributed by atoms with Gasteiger partial charge in [0.05, 0.1) is 10.8 Å². The van der Waals surface area contributed by atoms with Gasteiger partial charge in [0.15, 0.2) is 17.3 Å². The van der Waals surface area contributed by atoms with Crippen LogP contribution >= 0.6 is 0 Å². The van der Waals surface area contributed by atoms with Crippen LogP contribution in [0.3, 0.4) is 0 Å². The smallest absolute Gasteiger partial charge is 0.247 e. The van der Waals surface area contributed by atoms with E-state index in [2.05, 4.69) is 10.2 Å². The van der Waals surface area contributed by atoms with Crippen LogP contribution in [0.25, 0.3) is 11.5 Å². The van der Waals surface area contributed by atoms with Crippen molar-refractivity contribution in [2.75, 3.05) is 19.9 Å². The number of hydrogen-bond donors (Lipinski definition) is 0. The van der Waals surface area contributed by atoms with E-state index >= 15 is 0 Å². The van der Waals surface area contributed by atoms with E-state index < -0.39 is 10.0 Å². The Balaban J connectivity index is 1.36. The molecule has 0 spiro atoms. The predicted molar refractivity (Wildman–Crippen MR) is 113 cm³/mol. The average Bonchev–Trinajstić information content (AvgIpc) is 3.48. The van der Waals surface area contributed by atoms with Gasteiger partial charge in [-0.05, 0) is 50.1 Å². The average molecular weight is 455 g/mol. The van der Waals surface area contributed by atoms with Gasteiger partial charge >= 0.3 is 0 Å². The molecule has 1 unspecified atom stereocenters. The Morgan fingerprint density at radius 2 is 1.94 bits per heavy atom. The van der Waals surface area contributed by atoms with Gasteiger partial charge in [0.1, 0.15) is 0 Å². The summed E-state index contributed by atoms with van der Waals surface area (Å²) in [6.45, 7) is 2.22. The van der Waals surface area contributed by atoms with Crippen LogP contribution in [0, 0.1) is 0 Å². The molecule has 1 saturated heterocycles. The normalized spacial score (nSPS) is 18.6. The van der Waals surface area contributed by atoms with Crippen LogP contribution in [0.1, 0.15) is 41.9 Å². The number of piperidine rings is 1. The van der Waals surface area contributed by atoms with Gasteiger partial charge < -0.3 is 13.9 Å². The van der Waals surface area contributed by atoms with E-state index in [-0.39, 0.29) is 29.9 Å². The number of rotatable bonds is 5. The van der Waals surface area contributed by atoms with E-state index in [9.17, 15) is 13.2 Å². The molecule has 0 radical (unpaired) electrons. The SMILES string of the molecule is CC(=O)c1cccc(S(=O)(=O)N2CCCC(c3nnc(-c4ccc5c(c4)OCO5)o3)C2)c1. The third-order valence-electron chi connectivity index (χ3n) is 5.67. The molecule has 0 saturated carbocycles. The largest absolute Gasteiger partial charge is 0.454 e. The van der Waals surface area contributed by atoms with Gasteiger partial charge in [-0.15, -0.1) is 10.2 Å². The molecule has 1 fully saturated rings. The molecular weight excluding hydrogens is 434 g/mol. The zero-order chi connectivity index (χ0) is 22.3. The molecular formula is C22H21N3O6S. The molecule has 1 aromatic heterocycles. The van der Waals surface area contributed by atoms with Gasteiger partial charge in [-0.25, -0.2) is 8.42 Å². The second kappa shape index (κ2) is 8.03. The minimum absolute atomic E-state index is 0.109. The van der Waals surface area contributed by atoms with Gasteiger partial charge in [-0.1, -0.05) is 12.1 Å². The van der Waals surface area contributed by atoms with E-state index in [4.69, 9.17) is 13.9 Å². The van der Waals surface area contributed by atoms with E-state index in [1.165, 1.54) is 23.4 Å². The lowest BCUT2D eigenvalue weighted by Crippen LogP contribution is -2.39. The maximum atomic E-state index is 13.2. The Morgan fingerprint density at radius 3 is 2.78 bits per heavy atom. The zero-order valence-electron chi connectivity index (χ0n) is 17.4. The number of carbonyl (C=O) groups excluding carboxylic acids is 1. The van der Waals surface area contributed by atoms with Crippen molar-refractivity contribution in [2.45, 2.75) is 30.6 Å². The number of sulfonamides is 1. The molecule has 32 heavy (non-hydrogen) atoms. The monoisotopic (exact) mass is 455 g/mol. The topological polar surface area (TPSA) is 112 Å². The van der Waals surface area contributed by atoms with Crippen molar-refractivity contribution in [3.8, 4) is 23.0 Å². The fraction of sp³-hybridized carbons (Fsp3) is 0.318. The summed E-state index contributed by atoms with van der Waals surface area (Å²) in [5.41, 5.74) is 1.07. The van der Waals surface area contributed by atoms with Gasteiger partial charge in [-0.2, -0.15) is 4.31 Å². The number of Topliss-reactive ketones (excluding diaryl/α,β-unsaturated/α-hetero) is 1. The van der Waals surface area contributed by atoms with Crippen LogP contribution in [0.5, 0.6) is 11.5 Å². The molecule has 3 aromatic rings. The molecule has 2 aliphatic heterocycles. The molecule has 2 aliphatic rings. The highest BCUT2D eigenvalue weighted by Gasteiger charge is 2.33. The predicted octanol–water partition coefficient (Wildman–Crippen LogP) is 3.24. The fourth-order valence-corrected chi connectivity index (χ4v) is 5.50. The van der Waals surface area contributed by atoms with Gasteiger partial charge in [-0.3, -0.25) is 4.79 Å². The minimum atomic E-state index is -3.75. The number of carbonyl (C=O) groups is 1. The van der Waals surface area contributed by atoms with Crippen molar-refractivity contribution in [3.05, 3.63) is 53.9 Å². The van der Waals surface area contributed by atoms with Crippen molar-refractivity contribution in [1.29, 1.82) is 0 Å². The highest BCUT2D eigenvalue weighted by Crippen LogP contribution is 2.36. The second-order valence-corrected chi connectivity index (χ2v) is 9.74. The van der Waals surface area contributed by atoms with Crippen LogP contribution in [0.15, 0.2) is 51.8 Å². The summed E-state index contributed by atoms with van der Waals surface area (Å²) in [4.78, 5) is 11.8. The first kappa shape index (κ1) is 20.7. The molecule has 3 heterocycles. The van der Waals surface area contributed by atoms with E-state index in [0.717, 1.165) is 6.42 Å². The summed E-state index contributed by atoms with van der Waals surface area (Å²) in [5.74, 6) is 1.62. The summed E-state index contributed by atoms with van der Waals surface area (Å²) in [6, 6.07) is 11.5. The van der Waals surface area contributed by atoms with Crippen molar-refractivity contribution >= 4 is 15.8 Å². The lowest BCUT2D eigenvalue weighted by atomic mass is 10.00. The number of aromatic nitrogens is 2. The number of ketones is 1. The first-order valence-corrected chi connectivity index (χ1v) is 11.7. The van der Waals surface area contributed by atoms with Crippen LogP contribution in [-0.4, -0.2) is 48.6 Å². The van der Waals surface area contributed by atoms with E-state index in [1.807, 2.05) is 6.07 Å². The van der Waals surface area contributed by atoms with Crippen molar-refractivity contribution in [1.82, 2.24) is 14.5 Å². The Morgan fingerprint density at radius 1 is 1.09 bits per heavy atom. The van der Waals surface area contributed by atoms with Gasteiger partial charge in [0.2, 0.25) is 28.6 Å². The number of fused-ring (bicyclic) bond motifs is 1. The molecule has 9 nitrogen and oxygen atoms in total. The fourth-order valence-electron chi connectivity index (χ4n) is 3.93. The van der Waals surface area contributed by atoms with Crippen LogP contribution in [0.4, 0.5) is 0 Å². The van der Waals surface area contributed by atoms with E-state index in [1.54, 1.807) is 24.3 Å². The number of benzene rings is 2. The van der Waals surface area contributed by atoms with Gasteiger partial charge in [0, 0.05) is 24.2 Å². The van der Waals surface area contributed by atoms with E-state index in [0.29, 0.717) is 47.4 Å². The lowest BCUT2D eigenvalue weighted by Gasteiger charge is -2.30. The molecule has 1 atom stereocenters. The number of ether oxygens (including phenoxy) is 2. The van der Waals surface area contributed by atoms with Crippen LogP contribution in [0.2, 0.25) is 0 Å². The summed E-state index contributed by atoms with van der Waals surface area (Å²) in [6.07, 6.45) is 1.40. The Hall–Kier alpha value is -3.24. The molecule has 10 heteroatoms. The summed E-state index contributed by atoms with van der Waals surface area (Å²) >= 11 is 0. The summed E-state index contributed by atoms with van der Waals surface area (Å²) in [7, 11) is -3.75. The highest BCUT2D eigenvalue weighted by atomic mass is 32.2. The standard InChI is InChI=1S/C22H21N3O6S/c1-14(26)15-4-2-6-18(10-15)32(27,28)25-9-3-5-17(12-25)22-24-23-21(31-22)16-7-8-19-20(11-16)30-13-29-19/h2,4,6-8,10-11,17H,3,5,9,12-13H2,1H3. The van der Waals surface area contributed by atoms with Crippen molar-refractivity contribution in [3.63, 3.8) is 0 Å². The van der Waals surface area contributed by atoms with Crippen molar-refractivity contribution < 1.29 is 27.1 Å². The molecule has 0 bridgehead atoms. The molecule has 5 rings (SSSR count). The molecule has 0 aliphatic carbocycles. The minimum Gasteiger partial charge on any atom is -0.454 e. The molecule has 166 valence electrons. The van der Waals surface area contributed by atoms with Crippen LogP contribution in [-0.2, 0) is 10.0 Å². The highest BCUT2D eigenvalue weighted by molar-refractivity contribution is 7.89. The Kier molecular flexibility index (Phi) is 5.18. The van der Waals surface area contributed by atoms with Crippen molar-refractivity contribution in [2.24, 2.45) is 0 Å². The number of hydrogen-bond acceptors (Lipinski definition) is 8. The zero-order valence-corrected chi connectivity index (χ0v) is 18.2. The third kappa shape index (κ3) is 3.76. The maximum absolute atomic E-state index is 13.2. The summed E-state index contributed by atoms with van der Waals surface area (Å²) < 4.78 is 44.4. The quantitative estimate of drug-likeness (QED) is 0.539. The third-order valence-corrected chi connectivity index (χ3v) is 7.53. The Bertz CT molecular complexity index is 1290. The van der Waals surface area contributed by atoms with Crippen LogP contribution < -0.4 is 9.47 Å². The summed E-state index contributed by atoms with van der Waals surface area (Å²) in [5, 5.41) is 8.33. The first-order chi connectivity index (χ1) is 15.4. The number of nitrogens with zero attached hydrogens (tertiary/aromatic N) is 3. The lowest BCUT2D eigenvalue weighted by molar-refractivity contribution is 0.101. The second-order valence-electron chi connectivity index (χ2n) is 7.80. The first-order valence-electron chi connectivity index (χ1n) is 10.3. The van der Waals surface area contributed by atoms with Gasteiger partial charge in [0.25, 0.3) is 0 Å². The molecule has 2 aromatic carbocycles. The molecule has 0 amide bonds. The Labute approximate surface area is 185 Å².